The van der Waals surface area contributed by atoms with Crippen molar-refractivity contribution in [2.75, 3.05) is 0 Å². The lowest BCUT2D eigenvalue weighted by molar-refractivity contribution is 0.586. The molecule has 4 unspecified atom stereocenters. The Morgan fingerprint density at radius 3 is 2.94 bits per heavy atom. The molecule has 1 aliphatic heterocycles. The topological polar surface area (TPSA) is 0 Å². The predicted molar refractivity (Wildman–Crippen MR) is 71.8 cm³/mol. The average Bonchev–Trinajstić information content (AvgIpc) is 3.00. The minimum absolute atomic E-state index is 0.818. The van der Waals surface area contributed by atoms with E-state index < -0.39 is 0 Å². The Hall–Kier alpha value is -0.455. The third-order valence-electron chi connectivity index (χ3n) is 4.99. The van der Waals surface area contributed by atoms with E-state index in [4.69, 9.17) is 0 Å². The molecule has 0 aromatic rings. The Morgan fingerprint density at radius 2 is 2.19 bits per heavy atom. The van der Waals surface area contributed by atoms with Gasteiger partial charge < -0.3 is 0 Å². The van der Waals surface area contributed by atoms with E-state index in [1.807, 2.05) is 5.47 Å². The molecule has 0 nitrogen and oxygen atoms in total. The summed E-state index contributed by atoms with van der Waals surface area (Å²) in [6.45, 7) is 5.63. The fraction of sp³-hybridized carbons (Fsp3) is 0.733. The van der Waals surface area contributed by atoms with E-state index in [9.17, 15) is 0 Å². The molecular formula is C15H23B. The fourth-order valence-electron chi connectivity index (χ4n) is 4.40. The Labute approximate surface area is 100 Å². The molecule has 4 atom stereocenters. The van der Waals surface area contributed by atoms with Gasteiger partial charge in [0.25, 0.3) is 0 Å². The zero-order chi connectivity index (χ0) is 11.1. The van der Waals surface area contributed by atoms with Gasteiger partial charge in [0.15, 0.2) is 6.71 Å². The van der Waals surface area contributed by atoms with Crippen molar-refractivity contribution in [2.24, 2.45) is 17.8 Å². The van der Waals surface area contributed by atoms with Gasteiger partial charge in [-0.15, -0.1) is 5.47 Å². The molecule has 0 aromatic heterocycles. The van der Waals surface area contributed by atoms with E-state index in [2.05, 4.69) is 32.1 Å². The smallest absolute Gasteiger partial charge is 0.104 e. The first kappa shape index (κ1) is 10.7. The van der Waals surface area contributed by atoms with Crippen LogP contribution in [0.15, 0.2) is 23.7 Å². The van der Waals surface area contributed by atoms with Crippen LogP contribution < -0.4 is 0 Å². The monoisotopic (exact) mass is 214 g/mol. The van der Waals surface area contributed by atoms with Crippen molar-refractivity contribution < 1.29 is 0 Å². The Balaban J connectivity index is 1.84. The molecule has 2 aliphatic carbocycles. The van der Waals surface area contributed by atoms with E-state index in [0.29, 0.717) is 0 Å². The van der Waals surface area contributed by atoms with Crippen molar-refractivity contribution in [3.63, 3.8) is 0 Å². The second-order valence-corrected chi connectivity index (χ2v) is 5.95. The van der Waals surface area contributed by atoms with Crippen molar-refractivity contribution >= 4 is 6.71 Å². The van der Waals surface area contributed by atoms with Gasteiger partial charge >= 0.3 is 0 Å². The van der Waals surface area contributed by atoms with Gasteiger partial charge in [-0.05, 0) is 30.6 Å². The first-order valence-corrected chi connectivity index (χ1v) is 7.24. The Morgan fingerprint density at radius 1 is 1.31 bits per heavy atom. The molecule has 16 heavy (non-hydrogen) atoms. The second kappa shape index (κ2) is 4.09. The van der Waals surface area contributed by atoms with Crippen molar-refractivity contribution in [1.82, 2.24) is 0 Å². The zero-order valence-corrected chi connectivity index (χ0v) is 10.7. The molecule has 0 bridgehead atoms. The minimum atomic E-state index is 0.818. The summed E-state index contributed by atoms with van der Waals surface area (Å²) in [5.74, 6) is 3.98. The molecule has 1 heteroatoms. The van der Waals surface area contributed by atoms with Gasteiger partial charge in [-0.2, -0.15) is 0 Å². The number of allylic oxidation sites excluding steroid dienone is 4. The summed E-state index contributed by atoms with van der Waals surface area (Å²) in [4.78, 5) is 0. The maximum absolute atomic E-state index is 2.64. The maximum Gasteiger partial charge on any atom is 0.173 e. The highest BCUT2D eigenvalue weighted by molar-refractivity contribution is 6.69. The molecule has 0 radical (unpaired) electrons. The van der Waals surface area contributed by atoms with Gasteiger partial charge in [-0.3, -0.25) is 0 Å². The van der Waals surface area contributed by atoms with Crippen molar-refractivity contribution in [3.8, 4) is 0 Å². The number of rotatable bonds is 4. The summed E-state index contributed by atoms with van der Waals surface area (Å²) in [6.07, 6.45) is 14.4. The van der Waals surface area contributed by atoms with Crippen LogP contribution >= 0.6 is 0 Å². The van der Waals surface area contributed by atoms with Gasteiger partial charge in [0, 0.05) is 0 Å². The van der Waals surface area contributed by atoms with Crippen LogP contribution in [0.3, 0.4) is 0 Å². The summed E-state index contributed by atoms with van der Waals surface area (Å²) >= 11 is 0. The number of hydrogen-bond acceptors (Lipinski definition) is 0. The number of hydrogen-bond donors (Lipinski definition) is 0. The molecular weight excluding hydrogens is 191 g/mol. The lowest BCUT2D eigenvalue weighted by atomic mass is 9.35. The zero-order valence-electron chi connectivity index (χ0n) is 10.7. The third-order valence-corrected chi connectivity index (χ3v) is 4.99. The van der Waals surface area contributed by atoms with E-state index in [0.717, 1.165) is 30.3 Å². The lowest BCUT2D eigenvalue weighted by Gasteiger charge is -2.24. The van der Waals surface area contributed by atoms with Crippen LogP contribution in [0, 0.1) is 17.8 Å². The second-order valence-electron chi connectivity index (χ2n) is 5.95. The van der Waals surface area contributed by atoms with Crippen LogP contribution in [0.25, 0.3) is 0 Å². The molecule has 1 fully saturated rings. The summed E-state index contributed by atoms with van der Waals surface area (Å²) in [5, 5.41) is 0. The lowest BCUT2D eigenvalue weighted by Crippen LogP contribution is -2.23. The normalized spacial score (nSPS) is 39.4. The van der Waals surface area contributed by atoms with E-state index in [-0.39, 0.29) is 0 Å². The van der Waals surface area contributed by atoms with Crippen molar-refractivity contribution in [3.05, 3.63) is 23.7 Å². The maximum atomic E-state index is 2.64. The Kier molecular flexibility index (Phi) is 2.73. The highest BCUT2D eigenvalue weighted by Crippen LogP contribution is 2.66. The number of fused-ring (bicyclic) bond motifs is 1. The SMILES string of the molecule is CCCB1C(CCC)=CC2C=CCC3C1C23. The first-order valence-electron chi connectivity index (χ1n) is 7.24. The predicted octanol–water partition coefficient (Wildman–Crippen LogP) is 4.36. The Bertz CT molecular complexity index is 328. The standard InChI is InChI=1S/C15H23B/c1-3-6-12-10-11-7-5-8-13-14(11)15(13)16(12)9-4-2/h5,7,10-11,13-15H,3-4,6,8-9H2,1-2H3. The third kappa shape index (κ3) is 1.51. The molecule has 3 rings (SSSR count). The fourth-order valence-corrected chi connectivity index (χ4v) is 4.40. The average molecular weight is 214 g/mol. The molecule has 0 aromatic carbocycles. The summed E-state index contributed by atoms with van der Waals surface area (Å²) in [6, 6.07) is 0. The van der Waals surface area contributed by atoms with Gasteiger partial charge in [0.2, 0.25) is 0 Å². The van der Waals surface area contributed by atoms with Crippen LogP contribution in [0.2, 0.25) is 12.1 Å². The van der Waals surface area contributed by atoms with Crippen molar-refractivity contribution in [1.29, 1.82) is 0 Å². The molecule has 0 amide bonds. The van der Waals surface area contributed by atoms with Crippen molar-refractivity contribution in [2.45, 2.75) is 51.7 Å². The van der Waals surface area contributed by atoms with Gasteiger partial charge in [-0.1, -0.05) is 57.1 Å². The molecule has 1 saturated carbocycles. The summed E-state index contributed by atoms with van der Waals surface area (Å²) in [7, 11) is 0. The minimum Gasteiger partial charge on any atom is -0.104 e. The largest absolute Gasteiger partial charge is 0.173 e. The van der Waals surface area contributed by atoms with Gasteiger partial charge in [0.05, 0.1) is 0 Å². The summed E-state index contributed by atoms with van der Waals surface area (Å²) in [5.41, 5.74) is 1.81. The quantitative estimate of drug-likeness (QED) is 0.481. The highest BCUT2D eigenvalue weighted by Gasteiger charge is 2.59. The first-order chi connectivity index (χ1) is 7.86. The van der Waals surface area contributed by atoms with E-state index in [1.54, 1.807) is 0 Å². The highest BCUT2D eigenvalue weighted by atomic mass is 14.6. The molecule has 86 valence electrons. The van der Waals surface area contributed by atoms with E-state index >= 15 is 0 Å². The molecule has 0 saturated heterocycles. The van der Waals surface area contributed by atoms with Gasteiger partial charge in [-0.25, -0.2) is 0 Å². The van der Waals surface area contributed by atoms with E-state index in [1.165, 1.54) is 32.0 Å². The van der Waals surface area contributed by atoms with Crippen LogP contribution in [-0.4, -0.2) is 6.71 Å². The van der Waals surface area contributed by atoms with Crippen LogP contribution in [0.1, 0.15) is 39.5 Å². The summed E-state index contributed by atoms with van der Waals surface area (Å²) < 4.78 is 0. The molecule has 3 aliphatic rings. The molecule has 0 N–H and O–H groups in total. The van der Waals surface area contributed by atoms with Gasteiger partial charge in [0.1, 0.15) is 0 Å². The van der Waals surface area contributed by atoms with Crippen LogP contribution in [0.5, 0.6) is 0 Å². The molecule has 1 heterocycles. The van der Waals surface area contributed by atoms with Crippen LogP contribution in [0.4, 0.5) is 0 Å². The van der Waals surface area contributed by atoms with Crippen LogP contribution in [-0.2, 0) is 0 Å². The molecule has 0 spiro atoms.